The van der Waals surface area contributed by atoms with Crippen LogP contribution in [0.15, 0.2) is 48.5 Å². The van der Waals surface area contributed by atoms with Crippen molar-refractivity contribution in [1.29, 1.82) is 0 Å². The van der Waals surface area contributed by atoms with Crippen molar-refractivity contribution in [3.05, 3.63) is 59.9 Å². The first-order valence-electron chi connectivity index (χ1n) is 9.62. The molecule has 2 amide bonds. The lowest BCUT2D eigenvalue weighted by Gasteiger charge is -2.16. The Morgan fingerprint density at radius 1 is 1.14 bits per heavy atom. The van der Waals surface area contributed by atoms with Crippen LogP contribution in [0.4, 0.5) is 15.8 Å². The van der Waals surface area contributed by atoms with Crippen molar-refractivity contribution in [3.8, 4) is 0 Å². The van der Waals surface area contributed by atoms with E-state index in [1.165, 1.54) is 29.2 Å². The van der Waals surface area contributed by atoms with Crippen molar-refractivity contribution >= 4 is 29.2 Å². The Bertz CT molecular complexity index is 881. The number of carbonyl (C=O) groups is 3. The molecular formula is C22H23FN2O4. The fourth-order valence-corrected chi connectivity index (χ4v) is 3.08. The van der Waals surface area contributed by atoms with Gasteiger partial charge in [0.05, 0.1) is 18.1 Å². The van der Waals surface area contributed by atoms with Gasteiger partial charge in [-0.05, 0) is 55.0 Å². The number of nitrogens with one attached hydrogen (secondary N) is 1. The van der Waals surface area contributed by atoms with Gasteiger partial charge in [-0.3, -0.25) is 9.59 Å². The molecule has 0 aromatic heterocycles. The average molecular weight is 398 g/mol. The molecule has 7 heteroatoms. The molecule has 0 saturated carbocycles. The van der Waals surface area contributed by atoms with Crippen LogP contribution in [0.1, 0.15) is 36.5 Å². The molecule has 29 heavy (non-hydrogen) atoms. The van der Waals surface area contributed by atoms with E-state index in [0.29, 0.717) is 23.5 Å². The molecule has 2 aromatic carbocycles. The molecule has 1 aliphatic heterocycles. The number of nitrogens with zero attached hydrogens (tertiary/aromatic N) is 1. The lowest BCUT2D eigenvalue weighted by molar-refractivity contribution is -0.122. The Hall–Kier alpha value is -3.22. The van der Waals surface area contributed by atoms with Gasteiger partial charge >= 0.3 is 5.97 Å². The predicted molar refractivity (Wildman–Crippen MR) is 107 cm³/mol. The van der Waals surface area contributed by atoms with Gasteiger partial charge in [0.15, 0.2) is 0 Å². The van der Waals surface area contributed by atoms with Gasteiger partial charge in [0, 0.05) is 24.3 Å². The zero-order valence-electron chi connectivity index (χ0n) is 16.2. The Balaban J connectivity index is 1.57. The van der Waals surface area contributed by atoms with E-state index in [1.807, 2.05) is 6.92 Å². The van der Waals surface area contributed by atoms with Crippen molar-refractivity contribution in [3.63, 3.8) is 0 Å². The predicted octanol–water partition coefficient (Wildman–Crippen LogP) is 3.77. The number of ether oxygens (including phenoxy) is 1. The number of benzene rings is 2. The molecule has 1 heterocycles. The van der Waals surface area contributed by atoms with Crippen LogP contribution in [-0.2, 0) is 14.3 Å². The summed E-state index contributed by atoms with van der Waals surface area (Å²) >= 11 is 0. The second-order valence-corrected chi connectivity index (χ2v) is 6.94. The van der Waals surface area contributed by atoms with Gasteiger partial charge in [-0.15, -0.1) is 0 Å². The van der Waals surface area contributed by atoms with E-state index in [1.54, 1.807) is 24.3 Å². The van der Waals surface area contributed by atoms with Crippen LogP contribution < -0.4 is 10.2 Å². The Labute approximate surface area is 168 Å². The fourth-order valence-electron chi connectivity index (χ4n) is 3.08. The molecule has 0 radical (unpaired) electrons. The molecule has 0 aliphatic carbocycles. The highest BCUT2D eigenvalue weighted by Crippen LogP contribution is 2.26. The molecule has 1 fully saturated rings. The molecule has 1 atom stereocenters. The van der Waals surface area contributed by atoms with Crippen molar-refractivity contribution in [2.75, 3.05) is 23.4 Å². The van der Waals surface area contributed by atoms with E-state index < -0.39 is 11.9 Å². The summed E-state index contributed by atoms with van der Waals surface area (Å²) in [5.41, 5.74) is 1.52. The normalized spacial score (nSPS) is 16.0. The summed E-state index contributed by atoms with van der Waals surface area (Å²) in [4.78, 5) is 38.2. The quantitative estimate of drug-likeness (QED) is 0.569. The summed E-state index contributed by atoms with van der Waals surface area (Å²) in [7, 11) is 0. The number of rotatable bonds is 7. The third-order valence-corrected chi connectivity index (χ3v) is 4.75. The number of halogens is 1. The van der Waals surface area contributed by atoms with E-state index in [-0.39, 0.29) is 30.6 Å². The lowest BCUT2D eigenvalue weighted by atomic mass is 10.1. The van der Waals surface area contributed by atoms with E-state index in [9.17, 15) is 18.8 Å². The second kappa shape index (κ2) is 9.32. The largest absolute Gasteiger partial charge is 0.462 e. The van der Waals surface area contributed by atoms with Gasteiger partial charge in [0.25, 0.3) is 0 Å². The highest BCUT2D eigenvalue weighted by atomic mass is 19.1. The third-order valence-electron chi connectivity index (χ3n) is 4.75. The van der Waals surface area contributed by atoms with Crippen LogP contribution in [0.5, 0.6) is 0 Å². The van der Waals surface area contributed by atoms with Crippen LogP contribution in [0.25, 0.3) is 0 Å². The Kier molecular flexibility index (Phi) is 6.59. The minimum absolute atomic E-state index is 0.0883. The van der Waals surface area contributed by atoms with Gasteiger partial charge < -0.3 is 15.0 Å². The number of carbonyl (C=O) groups excluding carboxylic acids is 3. The fraction of sp³-hybridized carbons (Fsp3) is 0.318. The highest BCUT2D eigenvalue weighted by molar-refractivity contribution is 6.03. The Morgan fingerprint density at radius 2 is 1.83 bits per heavy atom. The number of amides is 2. The van der Waals surface area contributed by atoms with E-state index >= 15 is 0 Å². The van der Waals surface area contributed by atoms with Crippen molar-refractivity contribution in [2.24, 2.45) is 5.92 Å². The first-order chi connectivity index (χ1) is 14.0. The standard InChI is InChI=1S/C22H23FN2O4/c1-2-3-12-29-22(28)15-4-8-18(9-5-15)24-21(27)16-13-20(26)25(14-16)19-10-6-17(23)7-11-19/h4-11,16H,2-3,12-14H2,1H3,(H,24,27)/t16-/m0/s1. The van der Waals surface area contributed by atoms with Crippen molar-refractivity contribution in [1.82, 2.24) is 0 Å². The zero-order valence-corrected chi connectivity index (χ0v) is 16.2. The molecule has 3 rings (SSSR count). The molecule has 6 nitrogen and oxygen atoms in total. The first kappa shape index (κ1) is 20.5. The van der Waals surface area contributed by atoms with Crippen molar-refractivity contribution in [2.45, 2.75) is 26.2 Å². The maximum absolute atomic E-state index is 13.1. The molecule has 152 valence electrons. The van der Waals surface area contributed by atoms with Crippen LogP contribution >= 0.6 is 0 Å². The van der Waals surface area contributed by atoms with Crippen LogP contribution in [0.2, 0.25) is 0 Å². The average Bonchev–Trinajstić information content (AvgIpc) is 3.11. The maximum Gasteiger partial charge on any atom is 0.338 e. The topological polar surface area (TPSA) is 75.7 Å². The molecule has 1 saturated heterocycles. The van der Waals surface area contributed by atoms with Crippen LogP contribution in [-0.4, -0.2) is 30.9 Å². The van der Waals surface area contributed by atoms with Gasteiger partial charge in [-0.25, -0.2) is 9.18 Å². The summed E-state index contributed by atoms with van der Waals surface area (Å²) < 4.78 is 18.2. The minimum atomic E-state index is -0.508. The number of esters is 1. The third kappa shape index (κ3) is 5.19. The lowest BCUT2D eigenvalue weighted by Crippen LogP contribution is -2.28. The molecule has 0 spiro atoms. The van der Waals surface area contributed by atoms with Gasteiger partial charge in [0.2, 0.25) is 11.8 Å². The smallest absolute Gasteiger partial charge is 0.338 e. The molecule has 2 aromatic rings. The Morgan fingerprint density at radius 3 is 2.48 bits per heavy atom. The zero-order chi connectivity index (χ0) is 20.8. The molecule has 0 unspecified atom stereocenters. The number of unbranched alkanes of at least 4 members (excludes halogenated alkanes) is 1. The molecular weight excluding hydrogens is 375 g/mol. The molecule has 1 N–H and O–H groups in total. The number of hydrogen-bond donors (Lipinski definition) is 1. The first-order valence-corrected chi connectivity index (χ1v) is 9.62. The SMILES string of the molecule is CCCCOC(=O)c1ccc(NC(=O)[C@H]2CC(=O)N(c3ccc(F)cc3)C2)cc1. The van der Waals surface area contributed by atoms with Crippen LogP contribution in [0, 0.1) is 11.7 Å². The second-order valence-electron chi connectivity index (χ2n) is 6.94. The molecule has 1 aliphatic rings. The number of anilines is 2. The summed E-state index contributed by atoms with van der Waals surface area (Å²) in [6, 6.07) is 12.0. The molecule has 0 bridgehead atoms. The van der Waals surface area contributed by atoms with Gasteiger partial charge in [-0.2, -0.15) is 0 Å². The summed E-state index contributed by atoms with van der Waals surface area (Å²) in [5, 5.41) is 2.77. The van der Waals surface area contributed by atoms with E-state index in [4.69, 9.17) is 4.74 Å². The van der Waals surface area contributed by atoms with E-state index in [2.05, 4.69) is 5.32 Å². The monoisotopic (exact) mass is 398 g/mol. The summed E-state index contributed by atoms with van der Waals surface area (Å²) in [6.45, 7) is 2.63. The van der Waals surface area contributed by atoms with Crippen LogP contribution in [0.3, 0.4) is 0 Å². The van der Waals surface area contributed by atoms with E-state index in [0.717, 1.165) is 12.8 Å². The van der Waals surface area contributed by atoms with Gasteiger partial charge in [-0.1, -0.05) is 13.3 Å². The summed E-state index contributed by atoms with van der Waals surface area (Å²) in [6.07, 6.45) is 1.85. The van der Waals surface area contributed by atoms with Gasteiger partial charge in [0.1, 0.15) is 5.82 Å². The highest BCUT2D eigenvalue weighted by Gasteiger charge is 2.35. The van der Waals surface area contributed by atoms with Crippen molar-refractivity contribution < 1.29 is 23.5 Å². The maximum atomic E-state index is 13.1. The minimum Gasteiger partial charge on any atom is -0.462 e. The summed E-state index contributed by atoms with van der Waals surface area (Å²) in [5.74, 6) is -1.74. The number of hydrogen-bond acceptors (Lipinski definition) is 4.